The molecule has 0 spiro atoms. The van der Waals surface area contributed by atoms with Crippen LogP contribution in [-0.4, -0.2) is 46.8 Å². The lowest BCUT2D eigenvalue weighted by Gasteiger charge is -2.13. The summed E-state index contributed by atoms with van der Waals surface area (Å²) in [5.74, 6) is -1.09. The lowest BCUT2D eigenvalue weighted by Crippen LogP contribution is -2.44. The fraction of sp³-hybridized carbons (Fsp3) is 0.167. The number of aliphatic hydroxyl groups is 1. The quantitative estimate of drug-likeness (QED) is 0.591. The summed E-state index contributed by atoms with van der Waals surface area (Å²) in [7, 11) is 1.18. The largest absolute Gasteiger partial charge is 0.507 e. The Labute approximate surface area is 152 Å². The summed E-state index contributed by atoms with van der Waals surface area (Å²) in [6.07, 6.45) is 0. The zero-order chi connectivity index (χ0) is 18.7. The molecule has 0 saturated carbocycles. The summed E-state index contributed by atoms with van der Waals surface area (Å²) < 4.78 is 5.29. The zero-order valence-corrected chi connectivity index (χ0v) is 14.6. The van der Waals surface area contributed by atoms with Gasteiger partial charge in [-0.15, -0.1) is 11.3 Å². The van der Waals surface area contributed by atoms with Crippen LogP contribution in [0.5, 0.6) is 5.75 Å². The van der Waals surface area contributed by atoms with E-state index in [1.54, 1.807) is 36.4 Å². The number of aliphatic hydroxyl groups excluding tert-OH is 1. The Hall–Kier alpha value is -2.97. The number of phenolic OH excluding ortho intramolecular Hbond substituents is 1. The third kappa shape index (κ3) is 3.51. The molecule has 2 aromatic carbocycles. The molecule has 1 heterocycles. The number of nitrogens with zero attached hydrogens (tertiary/aromatic N) is 1. The molecular formula is C18H16N2O5S. The summed E-state index contributed by atoms with van der Waals surface area (Å²) in [6.45, 7) is -0.557. The van der Waals surface area contributed by atoms with Gasteiger partial charge in [0.05, 0.1) is 29.5 Å². The molecule has 26 heavy (non-hydrogen) atoms. The van der Waals surface area contributed by atoms with Crippen molar-refractivity contribution in [1.82, 2.24) is 10.3 Å². The number of hydrogen-bond donors (Lipinski definition) is 3. The molecule has 134 valence electrons. The Balaban J connectivity index is 1.89. The van der Waals surface area contributed by atoms with E-state index in [2.05, 4.69) is 15.0 Å². The molecule has 3 aromatic rings. The highest BCUT2D eigenvalue weighted by Gasteiger charge is 2.21. The minimum atomic E-state index is -1.12. The number of para-hydroxylation sites is 1. The maximum atomic E-state index is 12.3. The van der Waals surface area contributed by atoms with Crippen molar-refractivity contribution < 1.29 is 24.5 Å². The van der Waals surface area contributed by atoms with Gasteiger partial charge in [0, 0.05) is 5.56 Å². The number of benzene rings is 2. The number of carbonyl (C=O) groups is 2. The number of nitrogens with one attached hydrogen (secondary N) is 1. The fourth-order valence-corrected chi connectivity index (χ4v) is 3.44. The Morgan fingerprint density at radius 3 is 2.73 bits per heavy atom. The Kier molecular flexibility index (Phi) is 5.15. The van der Waals surface area contributed by atoms with Crippen LogP contribution in [0.2, 0.25) is 0 Å². The number of aromatic hydroxyl groups is 1. The van der Waals surface area contributed by atoms with Gasteiger partial charge in [0.15, 0.2) is 6.04 Å². The van der Waals surface area contributed by atoms with Gasteiger partial charge < -0.3 is 20.3 Å². The van der Waals surface area contributed by atoms with Crippen LogP contribution < -0.4 is 5.32 Å². The average molecular weight is 372 g/mol. The first kappa shape index (κ1) is 17.8. The second-order valence-electron chi connectivity index (χ2n) is 5.45. The molecule has 0 aliphatic heterocycles. The van der Waals surface area contributed by atoms with Crippen LogP contribution in [0.4, 0.5) is 0 Å². The Morgan fingerprint density at radius 2 is 2.04 bits per heavy atom. The molecule has 0 aliphatic carbocycles. The normalized spacial score (nSPS) is 11.9. The standard InChI is InChI=1S/C18H16N2O5S/c1-25-18(24)13(9-21)19-16(23)10-6-7-12-15(8-10)26-17(20-12)11-4-2-3-5-14(11)22/h2-8,13,21-22H,9H2,1H3,(H,19,23)/t13-/m0/s1. The molecule has 0 unspecified atom stereocenters. The van der Waals surface area contributed by atoms with Crippen molar-refractivity contribution in [3.63, 3.8) is 0 Å². The van der Waals surface area contributed by atoms with Gasteiger partial charge in [-0.25, -0.2) is 9.78 Å². The number of phenols is 1. The van der Waals surface area contributed by atoms with E-state index in [1.807, 2.05) is 6.07 Å². The van der Waals surface area contributed by atoms with Crippen molar-refractivity contribution in [2.75, 3.05) is 13.7 Å². The number of carbonyl (C=O) groups excluding carboxylic acids is 2. The van der Waals surface area contributed by atoms with Crippen molar-refractivity contribution in [3.05, 3.63) is 48.0 Å². The zero-order valence-electron chi connectivity index (χ0n) is 13.8. The summed E-state index contributed by atoms with van der Waals surface area (Å²) >= 11 is 1.34. The highest BCUT2D eigenvalue weighted by Crippen LogP contribution is 2.35. The van der Waals surface area contributed by atoms with Crippen LogP contribution in [0.25, 0.3) is 20.8 Å². The second kappa shape index (κ2) is 7.51. The lowest BCUT2D eigenvalue weighted by molar-refractivity contribution is -0.143. The number of esters is 1. The predicted octanol–water partition coefficient (Wildman–Crippen LogP) is 1.93. The first-order chi connectivity index (χ1) is 12.5. The van der Waals surface area contributed by atoms with Gasteiger partial charge >= 0.3 is 5.97 Å². The van der Waals surface area contributed by atoms with Crippen molar-refractivity contribution in [3.8, 4) is 16.3 Å². The number of amides is 1. The topological polar surface area (TPSA) is 109 Å². The maximum Gasteiger partial charge on any atom is 0.330 e. The third-order valence-electron chi connectivity index (χ3n) is 3.76. The monoisotopic (exact) mass is 372 g/mol. The highest BCUT2D eigenvalue weighted by molar-refractivity contribution is 7.21. The first-order valence-corrected chi connectivity index (χ1v) is 8.53. The third-order valence-corrected chi connectivity index (χ3v) is 4.81. The number of aromatic nitrogens is 1. The van der Waals surface area contributed by atoms with E-state index >= 15 is 0 Å². The molecule has 7 nitrogen and oxygen atoms in total. The molecule has 1 atom stereocenters. The predicted molar refractivity (Wildman–Crippen MR) is 97.1 cm³/mol. The van der Waals surface area contributed by atoms with Crippen molar-refractivity contribution >= 4 is 33.4 Å². The van der Waals surface area contributed by atoms with Gasteiger partial charge in [0.2, 0.25) is 0 Å². The second-order valence-corrected chi connectivity index (χ2v) is 6.48. The van der Waals surface area contributed by atoms with Crippen LogP contribution in [0.3, 0.4) is 0 Å². The molecule has 0 saturated heterocycles. The van der Waals surface area contributed by atoms with E-state index in [-0.39, 0.29) is 5.75 Å². The van der Waals surface area contributed by atoms with E-state index < -0.39 is 24.5 Å². The lowest BCUT2D eigenvalue weighted by atomic mass is 10.2. The summed E-state index contributed by atoms with van der Waals surface area (Å²) in [5.41, 5.74) is 1.63. The molecule has 0 bridgehead atoms. The number of fused-ring (bicyclic) bond motifs is 1. The molecule has 0 fully saturated rings. The fourth-order valence-electron chi connectivity index (χ4n) is 2.40. The number of methoxy groups -OCH3 is 1. The van der Waals surface area contributed by atoms with Crippen molar-refractivity contribution in [2.45, 2.75) is 6.04 Å². The molecule has 8 heteroatoms. The van der Waals surface area contributed by atoms with Gasteiger partial charge in [0.1, 0.15) is 10.8 Å². The van der Waals surface area contributed by atoms with E-state index in [1.165, 1.54) is 18.4 Å². The molecule has 3 rings (SSSR count). The molecule has 0 aliphatic rings. The number of thiazole rings is 1. The molecular weight excluding hydrogens is 356 g/mol. The number of ether oxygens (including phenoxy) is 1. The van der Waals surface area contributed by atoms with E-state index in [0.717, 1.165) is 4.70 Å². The SMILES string of the molecule is COC(=O)[C@H](CO)NC(=O)c1ccc2nc(-c3ccccc3O)sc2c1. The van der Waals surface area contributed by atoms with E-state index in [0.29, 0.717) is 21.7 Å². The summed E-state index contributed by atoms with van der Waals surface area (Å²) in [4.78, 5) is 28.3. The Bertz CT molecular complexity index is 969. The van der Waals surface area contributed by atoms with Crippen LogP contribution in [0.15, 0.2) is 42.5 Å². The summed E-state index contributed by atoms with van der Waals surface area (Å²) in [5, 5.41) is 22.2. The average Bonchev–Trinajstić information content (AvgIpc) is 3.08. The minimum absolute atomic E-state index is 0.133. The summed E-state index contributed by atoms with van der Waals surface area (Å²) in [6, 6.07) is 10.7. The van der Waals surface area contributed by atoms with Gasteiger partial charge in [-0.2, -0.15) is 0 Å². The van der Waals surface area contributed by atoms with Gasteiger partial charge in [-0.1, -0.05) is 12.1 Å². The number of rotatable bonds is 5. The first-order valence-electron chi connectivity index (χ1n) is 7.72. The highest BCUT2D eigenvalue weighted by atomic mass is 32.1. The smallest absolute Gasteiger partial charge is 0.330 e. The van der Waals surface area contributed by atoms with E-state index in [9.17, 15) is 19.8 Å². The van der Waals surface area contributed by atoms with Gasteiger partial charge in [-0.05, 0) is 30.3 Å². The van der Waals surface area contributed by atoms with Crippen LogP contribution in [0.1, 0.15) is 10.4 Å². The van der Waals surface area contributed by atoms with Gasteiger partial charge in [0.25, 0.3) is 5.91 Å². The number of hydrogen-bond acceptors (Lipinski definition) is 7. The van der Waals surface area contributed by atoms with Gasteiger partial charge in [-0.3, -0.25) is 4.79 Å². The molecule has 1 amide bonds. The van der Waals surface area contributed by atoms with Crippen molar-refractivity contribution in [1.29, 1.82) is 0 Å². The molecule has 3 N–H and O–H groups in total. The maximum absolute atomic E-state index is 12.3. The Morgan fingerprint density at radius 1 is 1.27 bits per heavy atom. The van der Waals surface area contributed by atoms with E-state index in [4.69, 9.17) is 0 Å². The minimum Gasteiger partial charge on any atom is -0.507 e. The van der Waals surface area contributed by atoms with Crippen LogP contribution in [-0.2, 0) is 9.53 Å². The van der Waals surface area contributed by atoms with Crippen LogP contribution in [0, 0.1) is 0 Å². The van der Waals surface area contributed by atoms with Crippen LogP contribution >= 0.6 is 11.3 Å². The molecule has 1 aromatic heterocycles. The molecule has 0 radical (unpaired) electrons. The van der Waals surface area contributed by atoms with Crippen molar-refractivity contribution in [2.24, 2.45) is 0 Å².